The summed E-state index contributed by atoms with van der Waals surface area (Å²) in [6.45, 7) is 7.14. The largest absolute Gasteiger partial charge is 0.479 e. The number of aromatic nitrogens is 4. The summed E-state index contributed by atoms with van der Waals surface area (Å²) < 4.78 is 41.0. The predicted molar refractivity (Wildman–Crippen MR) is 167 cm³/mol. The molecule has 0 radical (unpaired) electrons. The van der Waals surface area contributed by atoms with Gasteiger partial charge in [0.1, 0.15) is 16.4 Å². The maximum Gasteiger partial charge on any atom is 0.335 e. The number of carbonyl (C=O) groups excluding carboxylic acids is 1. The average Bonchev–Trinajstić information content (AvgIpc) is 3.71. The minimum Gasteiger partial charge on any atom is -0.479 e. The number of carbonyl (C=O) groups is 2. The first kappa shape index (κ1) is 39.8. The summed E-state index contributed by atoms with van der Waals surface area (Å²) in [6, 6.07) is 1.82. The van der Waals surface area contributed by atoms with Gasteiger partial charge in [-0.1, -0.05) is 37.6 Å². The molecule has 0 aromatic carbocycles. The molecule has 1 fully saturated rings. The summed E-state index contributed by atoms with van der Waals surface area (Å²) in [6.07, 6.45) is 5.90. The van der Waals surface area contributed by atoms with E-state index in [1.54, 1.807) is 6.92 Å². The van der Waals surface area contributed by atoms with E-state index in [1.165, 1.54) is 24.7 Å². The molecule has 2 atom stereocenters. The van der Waals surface area contributed by atoms with Gasteiger partial charge in [0.2, 0.25) is 5.95 Å². The minimum absolute atomic E-state index is 0.0197. The van der Waals surface area contributed by atoms with E-state index in [-0.39, 0.29) is 34.6 Å². The molecule has 17 heteroatoms. The number of nitrogens with two attached hydrogens (primary N) is 1. The van der Waals surface area contributed by atoms with Crippen molar-refractivity contribution in [2.75, 3.05) is 6.61 Å². The van der Waals surface area contributed by atoms with Crippen LogP contribution in [0, 0.1) is 11.8 Å². The molecule has 4 rings (SSSR count). The number of hydrogen-bond donors (Lipinski definition) is 6. The van der Waals surface area contributed by atoms with Crippen LogP contribution < -0.4 is 11.1 Å². The van der Waals surface area contributed by atoms with Crippen LogP contribution in [-0.2, 0) is 4.79 Å². The molecule has 1 aliphatic carbocycles. The van der Waals surface area contributed by atoms with Gasteiger partial charge in [0.15, 0.2) is 11.9 Å². The van der Waals surface area contributed by atoms with E-state index in [4.69, 9.17) is 26.2 Å². The highest BCUT2D eigenvalue weighted by atomic mass is 32.1. The highest BCUT2D eigenvalue weighted by molar-refractivity contribution is 7.13. The first-order chi connectivity index (χ1) is 21.9. The molecule has 1 aliphatic rings. The number of carboxylic acid groups (broad SMARTS) is 1. The minimum atomic E-state index is -1.66. The molecule has 3 aromatic heterocycles. The van der Waals surface area contributed by atoms with Crippen LogP contribution in [0.25, 0.3) is 16.3 Å². The highest BCUT2D eigenvalue weighted by Gasteiger charge is 2.20. The number of amides is 1. The molecule has 7 N–H and O–H groups in total. The second-order valence-electron chi connectivity index (χ2n) is 9.31. The number of carboxylic acids is 1. The van der Waals surface area contributed by atoms with Gasteiger partial charge < -0.3 is 31.5 Å². The Morgan fingerprint density at radius 3 is 2.35 bits per heavy atom. The van der Waals surface area contributed by atoms with Gasteiger partial charge in [0.25, 0.3) is 5.91 Å². The van der Waals surface area contributed by atoms with Gasteiger partial charge in [0, 0.05) is 18.2 Å². The summed E-state index contributed by atoms with van der Waals surface area (Å²) in [5.74, 6) is -3.80. The number of allylic oxidation sites excluding steroid dienone is 1. The Morgan fingerprint density at radius 1 is 1.20 bits per heavy atom. The average molecular weight is 672 g/mol. The lowest BCUT2D eigenvalue weighted by molar-refractivity contribution is -0.151. The van der Waals surface area contributed by atoms with Gasteiger partial charge in [-0.2, -0.15) is 9.49 Å². The molecular formula is C29H40F3N7O6S. The molecule has 0 bridgehead atoms. The number of nitrogens with one attached hydrogen (secondary N) is 1. The fraction of sp³-hybridized carbons (Fsp3) is 0.448. The number of halogens is 3. The van der Waals surface area contributed by atoms with Crippen molar-refractivity contribution >= 4 is 35.1 Å². The molecule has 3 aromatic rings. The SMILES string of the molecule is CC.CC(O)C(O)C(=O)O.CCO.N/C(=C(\C=NC1CCCCC1)NC(=O)c1csc(-c2cnn(F)c2)n1)c1nc(F)ccc1F. The topological polar surface area (TPSA) is 209 Å². The predicted octanol–water partition coefficient (Wildman–Crippen LogP) is 3.71. The highest BCUT2D eigenvalue weighted by Crippen LogP contribution is 2.24. The zero-order valence-corrected chi connectivity index (χ0v) is 26.7. The zero-order chi connectivity index (χ0) is 34.8. The normalized spacial score (nSPS) is 14.7. The van der Waals surface area contributed by atoms with Crippen molar-refractivity contribution in [2.24, 2.45) is 10.7 Å². The van der Waals surface area contributed by atoms with Crippen molar-refractivity contribution in [1.29, 1.82) is 0 Å². The van der Waals surface area contributed by atoms with Gasteiger partial charge >= 0.3 is 5.97 Å². The van der Waals surface area contributed by atoms with E-state index in [0.717, 1.165) is 61.8 Å². The van der Waals surface area contributed by atoms with Crippen molar-refractivity contribution in [3.05, 3.63) is 58.8 Å². The van der Waals surface area contributed by atoms with E-state index in [1.807, 2.05) is 13.8 Å². The van der Waals surface area contributed by atoms with Crippen LogP contribution in [0.3, 0.4) is 0 Å². The van der Waals surface area contributed by atoms with Gasteiger partial charge in [-0.15, -0.1) is 16.2 Å². The number of rotatable bonds is 8. The Bertz CT molecular complexity index is 1440. The number of hydrogen-bond acceptors (Lipinski definition) is 11. The molecule has 0 saturated heterocycles. The molecule has 0 aliphatic heterocycles. The fourth-order valence-electron chi connectivity index (χ4n) is 3.63. The quantitative estimate of drug-likeness (QED) is 0.151. The summed E-state index contributed by atoms with van der Waals surface area (Å²) in [4.78, 5) is 34.9. The van der Waals surface area contributed by atoms with Crippen LogP contribution in [0.1, 0.15) is 76.0 Å². The maximum atomic E-state index is 14.3. The number of aliphatic carboxylic acids is 1. The van der Waals surface area contributed by atoms with Gasteiger partial charge in [-0.25, -0.2) is 19.2 Å². The lowest BCUT2D eigenvalue weighted by atomic mass is 9.96. The molecule has 46 heavy (non-hydrogen) atoms. The zero-order valence-electron chi connectivity index (χ0n) is 25.9. The van der Waals surface area contributed by atoms with Gasteiger partial charge in [-0.05, 0) is 38.8 Å². The van der Waals surface area contributed by atoms with Crippen molar-refractivity contribution in [3.8, 4) is 10.6 Å². The molecule has 0 spiro atoms. The van der Waals surface area contributed by atoms with Gasteiger partial charge in [-0.3, -0.25) is 9.79 Å². The smallest absolute Gasteiger partial charge is 0.335 e. The van der Waals surface area contributed by atoms with Crippen molar-refractivity contribution in [3.63, 3.8) is 0 Å². The van der Waals surface area contributed by atoms with E-state index >= 15 is 0 Å². The van der Waals surface area contributed by atoms with Crippen LogP contribution in [-0.4, -0.2) is 83.3 Å². The molecule has 254 valence electrons. The van der Waals surface area contributed by atoms with E-state index in [2.05, 4.69) is 25.4 Å². The third-order valence-electron chi connectivity index (χ3n) is 5.84. The third-order valence-corrected chi connectivity index (χ3v) is 6.73. The van der Waals surface area contributed by atoms with Crippen molar-refractivity contribution < 1.29 is 43.3 Å². The van der Waals surface area contributed by atoms with Crippen LogP contribution in [0.5, 0.6) is 0 Å². The Balaban J connectivity index is 0.000000695. The molecule has 3 heterocycles. The van der Waals surface area contributed by atoms with Crippen molar-refractivity contribution in [2.45, 2.75) is 78.0 Å². The second-order valence-corrected chi connectivity index (χ2v) is 10.2. The number of nitrogens with zero attached hydrogens (tertiary/aromatic N) is 5. The second kappa shape index (κ2) is 20.8. The standard InChI is InChI=1S/C21H20F3N7OS.C4H8O4.C2H6O.C2H6/c22-14-6-7-17(23)30-19(14)18(25)15(9-26-13-4-2-1-3-5-13)28-20(32)16-11-33-21(29-16)12-8-27-31(24)10-12;1-2(5)3(6)4(7)8;1-2-3;1-2/h6-11,13H,1-5,25H2,(H,28,32);2-3,5-6H,1H3,(H,7,8);3H,2H2,1H3;1-2H3/b18-15+,26-9?;;;. The van der Waals surface area contributed by atoms with Crippen LogP contribution in [0.2, 0.25) is 0 Å². The number of thiazole rings is 1. The third kappa shape index (κ3) is 13.0. The summed E-state index contributed by atoms with van der Waals surface area (Å²) in [7, 11) is 0. The Kier molecular flexibility index (Phi) is 18.0. The number of aliphatic imine (C=N–C) groups is 1. The fourth-order valence-corrected chi connectivity index (χ4v) is 4.40. The first-order valence-corrected chi connectivity index (χ1v) is 15.3. The lowest BCUT2D eigenvalue weighted by Gasteiger charge is -2.18. The number of aliphatic hydroxyl groups excluding tert-OH is 3. The monoisotopic (exact) mass is 671 g/mol. The number of pyridine rings is 1. The molecular weight excluding hydrogens is 631 g/mol. The summed E-state index contributed by atoms with van der Waals surface area (Å²) in [5.41, 5.74) is 5.80. The van der Waals surface area contributed by atoms with Crippen LogP contribution in [0.15, 0.2) is 40.6 Å². The maximum absolute atomic E-state index is 14.3. The van der Waals surface area contributed by atoms with E-state index < -0.39 is 41.5 Å². The summed E-state index contributed by atoms with van der Waals surface area (Å²) >= 11 is 1.12. The molecule has 1 amide bonds. The first-order valence-electron chi connectivity index (χ1n) is 14.4. The molecule has 13 nitrogen and oxygen atoms in total. The van der Waals surface area contributed by atoms with Crippen LogP contribution in [0.4, 0.5) is 13.3 Å². The lowest BCUT2D eigenvalue weighted by Crippen LogP contribution is -2.30. The molecule has 2 unspecified atom stereocenters. The van der Waals surface area contributed by atoms with E-state index in [0.29, 0.717) is 10.6 Å². The van der Waals surface area contributed by atoms with Crippen molar-refractivity contribution in [1.82, 2.24) is 25.3 Å². The van der Waals surface area contributed by atoms with E-state index in [9.17, 15) is 22.9 Å². The van der Waals surface area contributed by atoms with Gasteiger partial charge in [0.05, 0.1) is 41.5 Å². The number of aliphatic hydroxyl groups is 3. The van der Waals surface area contributed by atoms with Crippen LogP contribution >= 0.6 is 11.3 Å². The summed E-state index contributed by atoms with van der Waals surface area (Å²) in [5, 5.41) is 40.1. The Hall–Kier alpha value is -4.19. The Labute approximate surface area is 268 Å². The Morgan fingerprint density at radius 2 is 1.83 bits per heavy atom. The molecule has 1 saturated carbocycles.